The maximum atomic E-state index is 12.5. The Hall–Kier alpha value is -1.34. The highest BCUT2D eigenvalue weighted by Crippen LogP contribution is 2.23. The van der Waals surface area contributed by atoms with Crippen molar-refractivity contribution in [3.63, 3.8) is 0 Å². The number of sulfone groups is 1. The normalized spacial score (nSPS) is 18.7. The molecule has 0 spiro atoms. The molecule has 1 saturated heterocycles. The Morgan fingerprint density at radius 3 is 2.71 bits per heavy atom. The van der Waals surface area contributed by atoms with Gasteiger partial charge in [0.2, 0.25) is 0 Å². The fourth-order valence-corrected chi connectivity index (χ4v) is 4.51. The monoisotopic (exact) mass is 374 g/mol. The minimum Gasteiger partial charge on any atom is -0.444 e. The van der Waals surface area contributed by atoms with E-state index >= 15 is 0 Å². The first-order chi connectivity index (χ1) is 11.1. The van der Waals surface area contributed by atoms with Crippen molar-refractivity contribution in [1.82, 2.24) is 9.88 Å². The molecule has 2 rings (SSSR count). The van der Waals surface area contributed by atoms with Gasteiger partial charge in [0.05, 0.1) is 11.5 Å². The number of hydrogen-bond donors (Lipinski definition) is 0. The number of carbonyl (C=O) groups excluding carboxylic acids is 1. The Balaban J connectivity index is 2.02. The third kappa shape index (κ3) is 5.63. The van der Waals surface area contributed by atoms with Crippen LogP contribution in [-0.4, -0.2) is 48.3 Å². The molecule has 0 aliphatic carbocycles. The number of amides is 1. The van der Waals surface area contributed by atoms with Crippen LogP contribution in [0.3, 0.4) is 0 Å². The van der Waals surface area contributed by atoms with Crippen LogP contribution in [-0.2, 0) is 20.3 Å². The van der Waals surface area contributed by atoms with Crippen LogP contribution in [0.1, 0.15) is 39.2 Å². The van der Waals surface area contributed by atoms with Crippen molar-refractivity contribution < 1.29 is 17.9 Å². The minimum absolute atomic E-state index is 0.0745. The van der Waals surface area contributed by atoms with Crippen LogP contribution in [0.4, 0.5) is 4.79 Å². The van der Waals surface area contributed by atoms with E-state index in [2.05, 4.69) is 4.98 Å². The minimum atomic E-state index is -3.37. The molecule has 0 aromatic carbocycles. The molecule has 0 N–H and O–H groups in total. The summed E-state index contributed by atoms with van der Waals surface area (Å²) in [6, 6.07) is 2.87. The number of rotatable bonds is 4. The molecule has 1 aliphatic heterocycles. The number of pyridine rings is 1. The van der Waals surface area contributed by atoms with Crippen LogP contribution in [0.2, 0.25) is 5.15 Å². The summed E-state index contributed by atoms with van der Waals surface area (Å²) in [5.74, 6) is -0.190. The van der Waals surface area contributed by atoms with Crippen molar-refractivity contribution in [3.05, 3.63) is 29.0 Å². The first-order valence-corrected chi connectivity index (χ1v) is 10.1. The van der Waals surface area contributed by atoms with E-state index in [-0.39, 0.29) is 17.5 Å². The SMILES string of the molecule is CC(C)(C)OC(=O)N1CCCC1CS(=O)(=O)Cc1ccc(Cl)nc1. The third-order valence-corrected chi connectivity index (χ3v) is 5.52. The summed E-state index contributed by atoms with van der Waals surface area (Å²) in [4.78, 5) is 17.7. The second kappa shape index (κ2) is 7.27. The quantitative estimate of drug-likeness (QED) is 0.757. The summed E-state index contributed by atoms with van der Waals surface area (Å²) < 4.78 is 30.3. The van der Waals surface area contributed by atoms with E-state index in [1.54, 1.807) is 32.9 Å². The molecule has 1 atom stereocenters. The lowest BCUT2D eigenvalue weighted by Crippen LogP contribution is -2.42. The lowest BCUT2D eigenvalue weighted by Gasteiger charge is -2.28. The number of carbonyl (C=O) groups is 1. The van der Waals surface area contributed by atoms with Gasteiger partial charge in [-0.1, -0.05) is 17.7 Å². The maximum absolute atomic E-state index is 12.5. The van der Waals surface area contributed by atoms with E-state index in [1.165, 1.54) is 11.1 Å². The van der Waals surface area contributed by atoms with E-state index in [9.17, 15) is 13.2 Å². The molecule has 0 radical (unpaired) electrons. The van der Waals surface area contributed by atoms with Gasteiger partial charge in [0.25, 0.3) is 0 Å². The van der Waals surface area contributed by atoms with Gasteiger partial charge in [0.1, 0.15) is 10.8 Å². The first-order valence-electron chi connectivity index (χ1n) is 7.86. The van der Waals surface area contributed by atoms with Crippen molar-refractivity contribution >= 4 is 27.5 Å². The third-order valence-electron chi connectivity index (χ3n) is 3.63. The fraction of sp³-hybridized carbons (Fsp3) is 0.625. The van der Waals surface area contributed by atoms with Crippen molar-refractivity contribution in [2.24, 2.45) is 0 Å². The topological polar surface area (TPSA) is 76.6 Å². The number of likely N-dealkylation sites (tertiary alicyclic amines) is 1. The highest BCUT2D eigenvalue weighted by molar-refractivity contribution is 7.90. The second-order valence-corrected chi connectivity index (χ2v) is 9.51. The van der Waals surface area contributed by atoms with Gasteiger partial charge in [0.15, 0.2) is 9.84 Å². The molecule has 1 unspecified atom stereocenters. The number of nitrogens with zero attached hydrogens (tertiary/aromatic N) is 2. The average molecular weight is 375 g/mol. The Kier molecular flexibility index (Phi) is 5.75. The summed E-state index contributed by atoms with van der Waals surface area (Å²) >= 11 is 5.71. The predicted octanol–water partition coefficient (Wildman–Crippen LogP) is 3.05. The van der Waals surface area contributed by atoms with Crippen LogP contribution in [0.15, 0.2) is 18.3 Å². The lowest BCUT2D eigenvalue weighted by atomic mass is 10.2. The summed E-state index contributed by atoms with van der Waals surface area (Å²) in [6.45, 7) is 5.90. The molecule has 1 amide bonds. The van der Waals surface area contributed by atoms with E-state index in [0.717, 1.165) is 6.42 Å². The van der Waals surface area contributed by atoms with Gasteiger partial charge in [-0.3, -0.25) is 0 Å². The molecule has 1 aromatic rings. The molecular formula is C16H23ClN2O4S. The molecule has 6 nitrogen and oxygen atoms in total. The zero-order valence-corrected chi connectivity index (χ0v) is 15.7. The molecule has 24 heavy (non-hydrogen) atoms. The number of ether oxygens (including phenoxy) is 1. The van der Waals surface area contributed by atoms with Gasteiger partial charge < -0.3 is 9.64 Å². The molecular weight excluding hydrogens is 352 g/mol. The summed E-state index contributed by atoms with van der Waals surface area (Å²) in [7, 11) is -3.37. The zero-order valence-electron chi connectivity index (χ0n) is 14.2. The Bertz CT molecular complexity index is 683. The van der Waals surface area contributed by atoms with Gasteiger partial charge in [0, 0.05) is 18.8 Å². The summed E-state index contributed by atoms with van der Waals surface area (Å²) in [6.07, 6.45) is 2.45. The van der Waals surface area contributed by atoms with Crippen molar-refractivity contribution in [2.45, 2.75) is 51.0 Å². The number of aromatic nitrogens is 1. The van der Waals surface area contributed by atoms with E-state index in [1.807, 2.05) is 0 Å². The fourth-order valence-electron chi connectivity index (χ4n) is 2.67. The van der Waals surface area contributed by atoms with E-state index < -0.39 is 21.5 Å². The van der Waals surface area contributed by atoms with Crippen LogP contribution >= 0.6 is 11.6 Å². The van der Waals surface area contributed by atoms with Crippen LogP contribution in [0.25, 0.3) is 0 Å². The number of halogens is 1. The molecule has 2 heterocycles. The van der Waals surface area contributed by atoms with Crippen molar-refractivity contribution in [1.29, 1.82) is 0 Å². The summed E-state index contributed by atoms with van der Waals surface area (Å²) in [5, 5.41) is 0.322. The largest absolute Gasteiger partial charge is 0.444 e. The summed E-state index contributed by atoms with van der Waals surface area (Å²) in [5.41, 5.74) is -0.0147. The van der Waals surface area contributed by atoms with Gasteiger partial charge >= 0.3 is 6.09 Å². The molecule has 1 fully saturated rings. The standard InChI is InChI=1S/C16H23ClN2O4S/c1-16(2,3)23-15(20)19-8-4-5-13(19)11-24(21,22)10-12-6-7-14(17)18-9-12/h6-7,9,13H,4-5,8,10-11H2,1-3H3. The predicted molar refractivity (Wildman–Crippen MR) is 92.7 cm³/mol. The molecule has 8 heteroatoms. The van der Waals surface area contributed by atoms with Crippen molar-refractivity contribution in [3.8, 4) is 0 Å². The molecule has 0 saturated carbocycles. The van der Waals surface area contributed by atoms with Crippen LogP contribution in [0, 0.1) is 0 Å². The highest BCUT2D eigenvalue weighted by atomic mass is 35.5. The Morgan fingerprint density at radius 2 is 2.12 bits per heavy atom. The van der Waals surface area contributed by atoms with Gasteiger partial charge in [-0.15, -0.1) is 0 Å². The number of hydrogen-bond acceptors (Lipinski definition) is 5. The van der Waals surface area contributed by atoms with Crippen LogP contribution < -0.4 is 0 Å². The van der Waals surface area contributed by atoms with Crippen LogP contribution in [0.5, 0.6) is 0 Å². The highest BCUT2D eigenvalue weighted by Gasteiger charge is 2.35. The molecule has 0 bridgehead atoms. The molecule has 1 aliphatic rings. The van der Waals surface area contributed by atoms with Gasteiger partial charge in [-0.05, 0) is 45.2 Å². The lowest BCUT2D eigenvalue weighted by molar-refractivity contribution is 0.0241. The van der Waals surface area contributed by atoms with Gasteiger partial charge in [-0.25, -0.2) is 18.2 Å². The Labute approximate surface area is 148 Å². The molecule has 1 aromatic heterocycles. The first kappa shape index (κ1) is 19.0. The zero-order chi connectivity index (χ0) is 18.0. The van der Waals surface area contributed by atoms with E-state index in [0.29, 0.717) is 23.7 Å². The Morgan fingerprint density at radius 1 is 1.42 bits per heavy atom. The second-order valence-electron chi connectivity index (χ2n) is 7.01. The van der Waals surface area contributed by atoms with Gasteiger partial charge in [-0.2, -0.15) is 0 Å². The smallest absolute Gasteiger partial charge is 0.410 e. The van der Waals surface area contributed by atoms with Crippen molar-refractivity contribution in [2.75, 3.05) is 12.3 Å². The maximum Gasteiger partial charge on any atom is 0.410 e. The van der Waals surface area contributed by atoms with E-state index in [4.69, 9.17) is 16.3 Å². The average Bonchev–Trinajstić information content (AvgIpc) is 2.86. The molecule has 134 valence electrons.